The molecule has 3 heterocycles. The predicted octanol–water partition coefficient (Wildman–Crippen LogP) is 3.79. The van der Waals surface area contributed by atoms with Crippen LogP contribution in [0.1, 0.15) is 57.0 Å². The largest absolute Gasteiger partial charge is 0.460 e. The quantitative estimate of drug-likeness (QED) is 0.316. The van der Waals surface area contributed by atoms with Crippen LogP contribution in [0.5, 0.6) is 5.75 Å². The summed E-state index contributed by atoms with van der Waals surface area (Å²) in [4.78, 5) is 30.2. The fraction of sp³-hybridized carbons (Fsp3) is 0.346. The van der Waals surface area contributed by atoms with Crippen molar-refractivity contribution < 1.29 is 23.8 Å². The van der Waals surface area contributed by atoms with E-state index in [-0.39, 0.29) is 11.8 Å². The van der Waals surface area contributed by atoms with E-state index in [2.05, 4.69) is 10.3 Å². The van der Waals surface area contributed by atoms with Crippen LogP contribution in [0.3, 0.4) is 0 Å². The second kappa shape index (κ2) is 10.2. The molecule has 9 nitrogen and oxygen atoms in total. The summed E-state index contributed by atoms with van der Waals surface area (Å²) in [7, 11) is 1.57. The molecule has 4 N–H and O–H groups in total. The maximum atomic E-state index is 13.2. The van der Waals surface area contributed by atoms with Crippen molar-refractivity contribution in [3.8, 4) is 5.75 Å². The number of ether oxygens (including phenoxy) is 1. The van der Waals surface area contributed by atoms with Crippen LogP contribution in [0.2, 0.25) is 0 Å². The summed E-state index contributed by atoms with van der Waals surface area (Å²) in [5.41, 5.74) is 2.76. The van der Waals surface area contributed by atoms with Crippen molar-refractivity contribution in [1.82, 2.24) is 15.2 Å². The molecule has 0 saturated carbocycles. The van der Waals surface area contributed by atoms with Crippen LogP contribution in [0.4, 0.5) is 0 Å². The molecule has 0 bridgehead atoms. The Bertz CT molecular complexity index is 1300. The summed E-state index contributed by atoms with van der Waals surface area (Å²) >= 11 is 0. The van der Waals surface area contributed by atoms with Crippen LogP contribution in [0.25, 0.3) is 16.7 Å². The third kappa shape index (κ3) is 4.85. The Balaban J connectivity index is 1.61. The van der Waals surface area contributed by atoms with E-state index in [1.807, 2.05) is 6.92 Å². The lowest BCUT2D eigenvalue weighted by Crippen LogP contribution is -2.36. The monoisotopic (exact) mass is 478 g/mol. The maximum absolute atomic E-state index is 13.2. The Morgan fingerprint density at radius 3 is 2.86 bits per heavy atom. The van der Waals surface area contributed by atoms with Crippen LogP contribution >= 0.6 is 0 Å². The highest BCUT2D eigenvalue weighted by Gasteiger charge is 2.25. The number of aliphatic hydroxyl groups excluding tert-OH is 1. The first-order valence-corrected chi connectivity index (χ1v) is 11.6. The van der Waals surface area contributed by atoms with E-state index in [9.17, 15) is 14.7 Å². The molecule has 0 radical (unpaired) electrons. The van der Waals surface area contributed by atoms with Crippen molar-refractivity contribution in [3.63, 3.8) is 0 Å². The van der Waals surface area contributed by atoms with Gasteiger partial charge in [0.05, 0.1) is 22.9 Å². The summed E-state index contributed by atoms with van der Waals surface area (Å²) in [5, 5.41) is 21.0. The number of aromatic nitrogens is 1. The van der Waals surface area contributed by atoms with Gasteiger partial charge in [-0.3, -0.25) is 9.59 Å². The topological polar surface area (TPSA) is 132 Å². The molecular weight excluding hydrogens is 448 g/mol. The summed E-state index contributed by atoms with van der Waals surface area (Å²) in [6.45, 7) is 4.48. The van der Waals surface area contributed by atoms with Gasteiger partial charge in [-0.1, -0.05) is 0 Å². The number of allylic oxidation sites excluding steroid dienone is 1. The van der Waals surface area contributed by atoms with Crippen LogP contribution < -0.4 is 10.1 Å². The number of carbonyl (C=O) groups is 2. The van der Waals surface area contributed by atoms with E-state index < -0.39 is 6.10 Å². The maximum Gasteiger partial charge on any atom is 0.255 e. The summed E-state index contributed by atoms with van der Waals surface area (Å²) < 4.78 is 11.9. The minimum Gasteiger partial charge on any atom is -0.460 e. The molecule has 0 spiro atoms. The van der Waals surface area contributed by atoms with Crippen molar-refractivity contribution in [2.45, 2.75) is 39.2 Å². The van der Waals surface area contributed by atoms with Crippen LogP contribution in [0, 0.1) is 19.3 Å². The molecule has 9 heteroatoms. The Morgan fingerprint density at radius 1 is 1.31 bits per heavy atom. The number of rotatable bonds is 6. The minimum absolute atomic E-state index is 0.144. The van der Waals surface area contributed by atoms with E-state index in [0.717, 1.165) is 19.1 Å². The highest BCUT2D eigenvalue weighted by Crippen LogP contribution is 2.31. The number of amides is 2. The first kappa shape index (κ1) is 24.3. The van der Waals surface area contributed by atoms with Crippen LogP contribution in [0.15, 0.2) is 34.9 Å². The molecule has 1 aromatic carbocycles. The number of aromatic amines is 1. The highest BCUT2D eigenvalue weighted by molar-refractivity contribution is 6.07. The standard InChI is InChI=1S/C26H30N4O5/c1-15-20(26(33)30-11-5-4-6-17(31)14-30)13-29-24(15)21(9-10-27)35-18-7-8-19-22(12-18)34-16(2)23(19)25(32)28-3/h7-10,12-13,17,27,29,31H,4-6,11,14H2,1-3H3,(H,28,32)/b21-9+,27-10?. The van der Waals surface area contributed by atoms with Crippen molar-refractivity contribution in [2.24, 2.45) is 0 Å². The summed E-state index contributed by atoms with van der Waals surface area (Å²) in [6, 6.07) is 5.18. The molecule has 0 aliphatic carbocycles. The van der Waals surface area contributed by atoms with Gasteiger partial charge in [0.25, 0.3) is 11.8 Å². The summed E-state index contributed by atoms with van der Waals surface area (Å²) in [5.74, 6) is 0.959. The molecule has 3 aromatic rings. The average Bonchev–Trinajstić information content (AvgIpc) is 3.29. The number of hydrogen-bond acceptors (Lipinski definition) is 6. The smallest absolute Gasteiger partial charge is 0.255 e. The predicted molar refractivity (Wildman–Crippen MR) is 133 cm³/mol. The molecule has 35 heavy (non-hydrogen) atoms. The number of benzene rings is 1. The lowest BCUT2D eigenvalue weighted by molar-refractivity contribution is 0.0655. The number of nitrogens with zero attached hydrogens (tertiary/aromatic N) is 1. The van der Waals surface area contributed by atoms with Gasteiger partial charge in [-0.15, -0.1) is 0 Å². The first-order valence-electron chi connectivity index (χ1n) is 11.6. The second-order valence-electron chi connectivity index (χ2n) is 8.67. The Morgan fingerprint density at radius 2 is 2.11 bits per heavy atom. The number of fused-ring (bicyclic) bond motifs is 1. The van der Waals surface area contributed by atoms with Gasteiger partial charge in [0.2, 0.25) is 0 Å². The van der Waals surface area contributed by atoms with Gasteiger partial charge in [-0.2, -0.15) is 0 Å². The molecule has 2 amide bonds. The molecule has 1 aliphatic rings. The number of aliphatic hydroxyl groups is 1. The van der Waals surface area contributed by atoms with Crippen LogP contribution in [-0.4, -0.2) is 59.3 Å². The van der Waals surface area contributed by atoms with Gasteiger partial charge >= 0.3 is 0 Å². The number of β-amino-alcohol motifs (C(OH)–C–C–N with tert-alkyl or cyclic N) is 1. The van der Waals surface area contributed by atoms with E-state index in [0.29, 0.717) is 70.1 Å². The third-order valence-electron chi connectivity index (χ3n) is 6.30. The van der Waals surface area contributed by atoms with E-state index in [1.165, 1.54) is 6.08 Å². The van der Waals surface area contributed by atoms with Gasteiger partial charge in [-0.25, -0.2) is 0 Å². The first-order chi connectivity index (χ1) is 16.8. The fourth-order valence-electron chi connectivity index (χ4n) is 4.49. The SMILES string of the molecule is CNC(=O)c1c(C)oc2cc(O/C(=C/C=N)c3[nH]cc(C(=O)N4CCCCC(O)C4)c3C)ccc12. The lowest BCUT2D eigenvalue weighted by Gasteiger charge is -2.22. The van der Waals surface area contributed by atoms with Gasteiger partial charge in [-0.05, 0) is 50.8 Å². The molecule has 1 fully saturated rings. The molecule has 1 unspecified atom stereocenters. The number of nitrogens with one attached hydrogen (secondary N) is 3. The van der Waals surface area contributed by atoms with Crippen molar-refractivity contribution >= 4 is 34.8 Å². The zero-order valence-corrected chi connectivity index (χ0v) is 20.1. The highest BCUT2D eigenvalue weighted by atomic mass is 16.5. The van der Waals surface area contributed by atoms with Crippen molar-refractivity contribution in [3.05, 3.63) is 58.6 Å². The van der Waals surface area contributed by atoms with E-state index in [4.69, 9.17) is 14.6 Å². The number of carbonyl (C=O) groups excluding carboxylic acids is 2. The molecule has 184 valence electrons. The van der Waals surface area contributed by atoms with Crippen molar-refractivity contribution in [2.75, 3.05) is 20.1 Å². The Labute approximate surface area is 203 Å². The zero-order valence-electron chi connectivity index (χ0n) is 20.1. The average molecular weight is 479 g/mol. The second-order valence-corrected chi connectivity index (χ2v) is 8.67. The number of furan rings is 1. The van der Waals surface area contributed by atoms with E-state index in [1.54, 1.807) is 43.3 Å². The minimum atomic E-state index is -0.513. The van der Waals surface area contributed by atoms with Gasteiger partial charge in [0.1, 0.15) is 17.1 Å². The Kier molecular flexibility index (Phi) is 7.07. The number of H-pyrrole nitrogens is 1. The normalized spacial score (nSPS) is 16.7. The number of likely N-dealkylation sites (tertiary alicyclic amines) is 1. The zero-order chi connectivity index (χ0) is 25.1. The number of aryl methyl sites for hydroxylation is 1. The van der Waals surface area contributed by atoms with Crippen molar-refractivity contribution in [1.29, 1.82) is 5.41 Å². The number of hydrogen-bond donors (Lipinski definition) is 4. The van der Waals surface area contributed by atoms with Gasteiger partial charge in [0.15, 0.2) is 5.76 Å². The molecule has 1 saturated heterocycles. The lowest BCUT2D eigenvalue weighted by atomic mass is 10.1. The van der Waals surface area contributed by atoms with Gasteiger partial charge < -0.3 is 34.9 Å². The Hall–Kier alpha value is -3.85. The molecule has 4 rings (SSSR count). The third-order valence-corrected chi connectivity index (χ3v) is 6.30. The fourth-order valence-corrected chi connectivity index (χ4v) is 4.49. The molecule has 2 aromatic heterocycles. The van der Waals surface area contributed by atoms with E-state index >= 15 is 0 Å². The molecule has 1 aliphatic heterocycles. The van der Waals surface area contributed by atoms with Gasteiger partial charge in [0, 0.05) is 50.1 Å². The molecular formula is C26H30N4O5. The molecule has 1 atom stereocenters. The summed E-state index contributed by atoms with van der Waals surface area (Å²) in [6.07, 6.45) is 6.19. The van der Waals surface area contributed by atoms with Crippen LogP contribution in [-0.2, 0) is 0 Å².